The van der Waals surface area contributed by atoms with Gasteiger partial charge in [0.15, 0.2) is 22.5 Å². The van der Waals surface area contributed by atoms with E-state index in [2.05, 4.69) is 20.3 Å². The van der Waals surface area contributed by atoms with Gasteiger partial charge in [-0.15, -0.1) is 10.2 Å². The number of nitrogens with one attached hydrogen (secondary N) is 1. The van der Waals surface area contributed by atoms with Gasteiger partial charge in [0.1, 0.15) is 0 Å². The number of thioether (sulfide) groups is 1. The van der Waals surface area contributed by atoms with Crippen LogP contribution in [0.1, 0.15) is 12.5 Å². The van der Waals surface area contributed by atoms with Crippen molar-refractivity contribution in [1.29, 1.82) is 0 Å². The SMILES string of the molecule is CCn1c(SCC(=O)Nc2ccc(OC)c(OC(F)F)c2)nnc1-c1ccccc1C. The number of aromatic nitrogens is 3. The lowest BCUT2D eigenvalue weighted by Crippen LogP contribution is -2.15. The van der Waals surface area contributed by atoms with Gasteiger partial charge in [0.05, 0.1) is 12.9 Å². The molecule has 1 amide bonds. The van der Waals surface area contributed by atoms with Crippen LogP contribution in [-0.2, 0) is 11.3 Å². The number of nitrogens with zero attached hydrogens (tertiary/aromatic N) is 3. The monoisotopic (exact) mass is 448 g/mol. The van der Waals surface area contributed by atoms with Crippen molar-refractivity contribution < 1.29 is 23.0 Å². The fourth-order valence-corrected chi connectivity index (χ4v) is 3.78. The fraction of sp³-hybridized carbons (Fsp3) is 0.286. The number of benzene rings is 2. The maximum Gasteiger partial charge on any atom is 0.387 e. The van der Waals surface area contributed by atoms with Crippen molar-refractivity contribution in [2.45, 2.75) is 32.2 Å². The molecule has 1 heterocycles. The standard InChI is InChI=1S/C21H22F2N4O3S/c1-4-27-19(15-8-6-5-7-13(15)2)25-26-21(27)31-12-18(28)24-14-9-10-16(29-3)17(11-14)30-20(22)23/h5-11,20H,4,12H2,1-3H3,(H,24,28). The Morgan fingerprint density at radius 1 is 1.19 bits per heavy atom. The Balaban J connectivity index is 1.68. The van der Waals surface area contributed by atoms with Crippen molar-refractivity contribution in [1.82, 2.24) is 14.8 Å². The maximum absolute atomic E-state index is 12.6. The molecule has 3 aromatic rings. The van der Waals surface area contributed by atoms with Crippen LogP contribution in [0.2, 0.25) is 0 Å². The Hall–Kier alpha value is -3.14. The molecule has 0 unspecified atom stereocenters. The summed E-state index contributed by atoms with van der Waals surface area (Å²) < 4.78 is 36.5. The number of carbonyl (C=O) groups excluding carboxylic acids is 1. The number of hydrogen-bond donors (Lipinski definition) is 1. The number of rotatable bonds is 9. The van der Waals surface area contributed by atoms with Gasteiger partial charge in [-0.2, -0.15) is 8.78 Å². The number of alkyl halides is 2. The van der Waals surface area contributed by atoms with Crippen molar-refractivity contribution in [3.63, 3.8) is 0 Å². The molecule has 0 saturated heterocycles. The summed E-state index contributed by atoms with van der Waals surface area (Å²) in [6, 6.07) is 12.2. The summed E-state index contributed by atoms with van der Waals surface area (Å²) in [6.07, 6.45) is 0. The zero-order valence-electron chi connectivity index (χ0n) is 17.3. The first-order valence-corrected chi connectivity index (χ1v) is 10.5. The molecule has 0 radical (unpaired) electrons. The number of anilines is 1. The highest BCUT2D eigenvalue weighted by Crippen LogP contribution is 2.32. The highest BCUT2D eigenvalue weighted by Gasteiger charge is 2.17. The van der Waals surface area contributed by atoms with E-state index in [9.17, 15) is 13.6 Å². The van der Waals surface area contributed by atoms with Crippen LogP contribution in [0.4, 0.5) is 14.5 Å². The predicted molar refractivity (Wildman–Crippen MR) is 115 cm³/mol. The Morgan fingerprint density at radius 3 is 2.65 bits per heavy atom. The van der Waals surface area contributed by atoms with Gasteiger partial charge in [-0.25, -0.2) is 0 Å². The minimum atomic E-state index is -3.00. The first kappa shape index (κ1) is 22.5. The van der Waals surface area contributed by atoms with Crippen LogP contribution in [0, 0.1) is 6.92 Å². The molecule has 0 aliphatic heterocycles. The highest BCUT2D eigenvalue weighted by atomic mass is 32.2. The van der Waals surface area contributed by atoms with Gasteiger partial charge in [0, 0.05) is 23.9 Å². The number of hydrogen-bond acceptors (Lipinski definition) is 6. The Kier molecular flexibility index (Phi) is 7.45. The Labute approximate surface area is 182 Å². The second-order valence-electron chi connectivity index (χ2n) is 6.45. The summed E-state index contributed by atoms with van der Waals surface area (Å²) in [7, 11) is 1.34. The molecule has 0 atom stereocenters. The van der Waals surface area contributed by atoms with Gasteiger partial charge in [-0.1, -0.05) is 36.0 Å². The molecular weight excluding hydrogens is 426 g/mol. The molecule has 1 N–H and O–H groups in total. The average molecular weight is 448 g/mol. The fourth-order valence-electron chi connectivity index (χ4n) is 2.97. The van der Waals surface area contributed by atoms with Crippen LogP contribution >= 0.6 is 11.8 Å². The van der Waals surface area contributed by atoms with Gasteiger partial charge in [-0.3, -0.25) is 4.79 Å². The van der Waals surface area contributed by atoms with E-state index in [1.807, 2.05) is 42.7 Å². The molecule has 2 aromatic carbocycles. The molecule has 164 valence electrons. The van der Waals surface area contributed by atoms with Crippen LogP contribution in [0.25, 0.3) is 11.4 Å². The number of carbonyl (C=O) groups is 1. The molecular formula is C21H22F2N4O3S. The quantitative estimate of drug-likeness (QED) is 0.482. The first-order valence-electron chi connectivity index (χ1n) is 9.47. The minimum absolute atomic E-state index is 0.0724. The van der Waals surface area contributed by atoms with Crippen molar-refractivity contribution in [3.8, 4) is 22.9 Å². The van der Waals surface area contributed by atoms with E-state index in [0.717, 1.165) is 17.0 Å². The molecule has 0 fully saturated rings. The van der Waals surface area contributed by atoms with Crippen LogP contribution < -0.4 is 14.8 Å². The molecule has 0 aliphatic carbocycles. The summed E-state index contributed by atoms with van der Waals surface area (Å²) in [5.74, 6) is 0.487. The summed E-state index contributed by atoms with van der Waals surface area (Å²) in [6.45, 7) is 1.63. The lowest BCUT2D eigenvalue weighted by atomic mass is 10.1. The minimum Gasteiger partial charge on any atom is -0.493 e. The van der Waals surface area contributed by atoms with Crippen molar-refractivity contribution in [2.24, 2.45) is 0 Å². The van der Waals surface area contributed by atoms with Crippen LogP contribution in [0.5, 0.6) is 11.5 Å². The third-order valence-corrected chi connectivity index (χ3v) is 5.38. The molecule has 3 rings (SSSR count). The zero-order chi connectivity index (χ0) is 22.4. The van der Waals surface area contributed by atoms with E-state index >= 15 is 0 Å². The molecule has 7 nitrogen and oxygen atoms in total. The van der Waals surface area contributed by atoms with Crippen LogP contribution in [0.15, 0.2) is 47.6 Å². The first-order chi connectivity index (χ1) is 14.9. The van der Waals surface area contributed by atoms with E-state index < -0.39 is 6.61 Å². The highest BCUT2D eigenvalue weighted by molar-refractivity contribution is 7.99. The smallest absolute Gasteiger partial charge is 0.387 e. The molecule has 0 spiro atoms. The second kappa shape index (κ2) is 10.3. The average Bonchev–Trinajstić information content (AvgIpc) is 3.15. The van der Waals surface area contributed by atoms with Gasteiger partial charge in [0.2, 0.25) is 5.91 Å². The van der Waals surface area contributed by atoms with E-state index in [-0.39, 0.29) is 23.2 Å². The summed E-state index contributed by atoms with van der Waals surface area (Å²) >= 11 is 1.24. The van der Waals surface area contributed by atoms with Crippen molar-refractivity contribution >= 4 is 23.4 Å². The molecule has 10 heteroatoms. The Morgan fingerprint density at radius 2 is 1.97 bits per heavy atom. The van der Waals surface area contributed by atoms with E-state index in [0.29, 0.717) is 17.4 Å². The number of ether oxygens (including phenoxy) is 2. The van der Waals surface area contributed by atoms with Crippen LogP contribution in [-0.4, -0.2) is 40.1 Å². The molecule has 31 heavy (non-hydrogen) atoms. The predicted octanol–water partition coefficient (Wildman–Crippen LogP) is 4.61. The topological polar surface area (TPSA) is 78.3 Å². The molecule has 0 aliphatic rings. The number of halogens is 2. The lowest BCUT2D eigenvalue weighted by molar-refractivity contribution is -0.113. The van der Waals surface area contributed by atoms with Gasteiger partial charge in [-0.05, 0) is 31.5 Å². The summed E-state index contributed by atoms with van der Waals surface area (Å²) in [4.78, 5) is 12.4. The largest absolute Gasteiger partial charge is 0.493 e. The third-order valence-electron chi connectivity index (χ3n) is 4.41. The molecule has 0 bridgehead atoms. The molecule has 1 aromatic heterocycles. The van der Waals surface area contributed by atoms with E-state index in [1.54, 1.807) is 6.07 Å². The zero-order valence-corrected chi connectivity index (χ0v) is 18.1. The summed E-state index contributed by atoms with van der Waals surface area (Å²) in [5.41, 5.74) is 2.39. The number of amides is 1. The van der Waals surface area contributed by atoms with E-state index in [1.165, 1.54) is 31.0 Å². The summed E-state index contributed by atoms with van der Waals surface area (Å²) in [5, 5.41) is 11.8. The maximum atomic E-state index is 12.6. The van der Waals surface area contributed by atoms with Crippen molar-refractivity contribution in [3.05, 3.63) is 48.0 Å². The number of methoxy groups -OCH3 is 1. The van der Waals surface area contributed by atoms with Crippen LogP contribution in [0.3, 0.4) is 0 Å². The van der Waals surface area contributed by atoms with Gasteiger partial charge in [0.25, 0.3) is 0 Å². The van der Waals surface area contributed by atoms with Gasteiger partial charge < -0.3 is 19.4 Å². The van der Waals surface area contributed by atoms with E-state index in [4.69, 9.17) is 4.74 Å². The van der Waals surface area contributed by atoms with Crippen molar-refractivity contribution in [2.75, 3.05) is 18.2 Å². The normalized spacial score (nSPS) is 10.9. The number of aryl methyl sites for hydroxylation is 1. The lowest BCUT2D eigenvalue weighted by Gasteiger charge is -2.12. The molecule has 0 saturated carbocycles. The third kappa shape index (κ3) is 5.52. The van der Waals surface area contributed by atoms with Gasteiger partial charge >= 0.3 is 6.61 Å². The Bertz CT molecular complexity index is 1060. The second-order valence-corrected chi connectivity index (χ2v) is 7.39.